The largest absolute Gasteiger partial charge is 0.481 e. The van der Waals surface area contributed by atoms with Crippen molar-refractivity contribution in [1.29, 1.82) is 0 Å². The third kappa shape index (κ3) is 6.55. The minimum Gasteiger partial charge on any atom is -0.481 e. The molecule has 4 atom stereocenters. The van der Waals surface area contributed by atoms with Crippen LogP contribution in [0.25, 0.3) is 10.9 Å². The SMILES string of the molecule is CCC(C)C(NC(=O)C(CCC(=O)O)NC(=O)C(N)Cc1c[nH]c2ccccc12)C(=O)O. The summed E-state index contributed by atoms with van der Waals surface area (Å²) in [4.78, 5) is 51.0. The lowest BCUT2D eigenvalue weighted by Gasteiger charge is -2.25. The number of carbonyl (C=O) groups is 4. The molecular formula is C22H30N4O6. The predicted molar refractivity (Wildman–Crippen MR) is 118 cm³/mol. The van der Waals surface area contributed by atoms with Gasteiger partial charge in [-0.05, 0) is 30.4 Å². The second-order valence-electron chi connectivity index (χ2n) is 7.87. The number of aromatic nitrogens is 1. The summed E-state index contributed by atoms with van der Waals surface area (Å²) in [7, 11) is 0. The Morgan fingerprint density at radius 1 is 1.09 bits per heavy atom. The number of H-pyrrole nitrogens is 1. The molecule has 2 aromatic rings. The van der Waals surface area contributed by atoms with Crippen LogP contribution in [0.1, 0.15) is 38.7 Å². The molecule has 0 radical (unpaired) electrons. The Morgan fingerprint density at radius 2 is 1.78 bits per heavy atom. The molecule has 7 N–H and O–H groups in total. The number of aromatic amines is 1. The van der Waals surface area contributed by atoms with Crippen molar-refractivity contribution in [3.8, 4) is 0 Å². The van der Waals surface area contributed by atoms with Crippen LogP contribution in [0, 0.1) is 5.92 Å². The fraction of sp³-hybridized carbons (Fsp3) is 0.455. The van der Waals surface area contributed by atoms with E-state index in [-0.39, 0.29) is 25.2 Å². The Kier molecular flexibility index (Phi) is 8.77. The van der Waals surface area contributed by atoms with Crippen molar-refractivity contribution in [2.75, 3.05) is 0 Å². The summed E-state index contributed by atoms with van der Waals surface area (Å²) >= 11 is 0. The van der Waals surface area contributed by atoms with E-state index >= 15 is 0 Å². The quantitative estimate of drug-likeness (QED) is 0.282. The lowest BCUT2D eigenvalue weighted by molar-refractivity contribution is -0.144. The van der Waals surface area contributed by atoms with Gasteiger partial charge in [0, 0.05) is 23.5 Å². The Hall–Kier alpha value is -3.40. The van der Waals surface area contributed by atoms with Gasteiger partial charge in [0.15, 0.2) is 0 Å². The van der Waals surface area contributed by atoms with Gasteiger partial charge in [-0.3, -0.25) is 14.4 Å². The van der Waals surface area contributed by atoms with Crippen LogP contribution in [-0.4, -0.2) is 57.1 Å². The van der Waals surface area contributed by atoms with Crippen LogP contribution in [-0.2, 0) is 25.6 Å². The van der Waals surface area contributed by atoms with Gasteiger partial charge < -0.3 is 31.6 Å². The van der Waals surface area contributed by atoms with Gasteiger partial charge in [0.25, 0.3) is 0 Å². The molecule has 174 valence electrons. The smallest absolute Gasteiger partial charge is 0.326 e. The van der Waals surface area contributed by atoms with Crippen molar-refractivity contribution in [3.63, 3.8) is 0 Å². The van der Waals surface area contributed by atoms with Gasteiger partial charge in [0.05, 0.1) is 6.04 Å². The molecule has 0 aliphatic rings. The van der Waals surface area contributed by atoms with Crippen LogP contribution < -0.4 is 16.4 Å². The first-order valence-electron chi connectivity index (χ1n) is 10.5. The predicted octanol–water partition coefficient (Wildman–Crippen LogP) is 1.00. The molecule has 0 bridgehead atoms. The highest BCUT2D eigenvalue weighted by Gasteiger charge is 2.30. The highest BCUT2D eigenvalue weighted by Crippen LogP contribution is 2.19. The average Bonchev–Trinajstić information content (AvgIpc) is 3.16. The van der Waals surface area contributed by atoms with E-state index < -0.39 is 41.9 Å². The Bertz CT molecular complexity index is 972. The number of nitrogens with one attached hydrogen (secondary N) is 3. The fourth-order valence-electron chi connectivity index (χ4n) is 3.38. The summed E-state index contributed by atoms with van der Waals surface area (Å²) in [6.45, 7) is 3.47. The number of amides is 2. The van der Waals surface area contributed by atoms with Gasteiger partial charge in [-0.15, -0.1) is 0 Å². The molecule has 1 heterocycles. The molecule has 10 nitrogen and oxygen atoms in total. The highest BCUT2D eigenvalue weighted by molar-refractivity contribution is 5.92. The van der Waals surface area contributed by atoms with Crippen molar-refractivity contribution in [2.45, 2.75) is 57.7 Å². The lowest BCUT2D eigenvalue weighted by Crippen LogP contribution is -2.56. The number of para-hydroxylation sites is 1. The molecule has 2 amide bonds. The van der Waals surface area contributed by atoms with Crippen LogP contribution in [0.15, 0.2) is 30.5 Å². The molecule has 0 aliphatic carbocycles. The molecule has 0 saturated heterocycles. The topological polar surface area (TPSA) is 175 Å². The van der Waals surface area contributed by atoms with Crippen LogP contribution in [0.3, 0.4) is 0 Å². The maximum atomic E-state index is 12.7. The summed E-state index contributed by atoms with van der Waals surface area (Å²) in [6.07, 6.45) is 1.90. The number of nitrogens with two attached hydrogens (primary N) is 1. The minimum absolute atomic E-state index is 0.195. The number of rotatable bonds is 12. The van der Waals surface area contributed by atoms with E-state index in [0.29, 0.717) is 6.42 Å². The number of fused-ring (bicyclic) bond motifs is 1. The number of carboxylic acids is 2. The van der Waals surface area contributed by atoms with Crippen LogP contribution in [0.2, 0.25) is 0 Å². The van der Waals surface area contributed by atoms with Gasteiger partial charge in [-0.1, -0.05) is 38.5 Å². The van der Waals surface area contributed by atoms with Crippen molar-refractivity contribution in [3.05, 3.63) is 36.0 Å². The second-order valence-corrected chi connectivity index (χ2v) is 7.87. The van der Waals surface area contributed by atoms with Gasteiger partial charge in [-0.2, -0.15) is 0 Å². The van der Waals surface area contributed by atoms with Crippen LogP contribution in [0.5, 0.6) is 0 Å². The highest BCUT2D eigenvalue weighted by atomic mass is 16.4. The molecule has 2 rings (SSSR count). The summed E-state index contributed by atoms with van der Waals surface area (Å²) in [5.41, 5.74) is 7.79. The van der Waals surface area contributed by atoms with Gasteiger partial charge in [-0.25, -0.2) is 4.79 Å². The molecule has 1 aromatic heterocycles. The van der Waals surface area contributed by atoms with E-state index in [1.165, 1.54) is 0 Å². The van der Waals surface area contributed by atoms with E-state index in [9.17, 15) is 24.3 Å². The Balaban J connectivity index is 2.10. The molecule has 4 unspecified atom stereocenters. The normalized spacial score (nSPS) is 14.8. The average molecular weight is 447 g/mol. The van der Waals surface area contributed by atoms with Gasteiger partial charge >= 0.3 is 11.9 Å². The molecule has 1 aromatic carbocycles. The van der Waals surface area contributed by atoms with Crippen molar-refractivity contribution in [1.82, 2.24) is 15.6 Å². The first-order chi connectivity index (χ1) is 15.1. The third-order valence-corrected chi connectivity index (χ3v) is 5.51. The summed E-state index contributed by atoms with van der Waals surface area (Å²) in [6, 6.07) is 4.18. The van der Waals surface area contributed by atoms with Crippen LogP contribution in [0.4, 0.5) is 0 Å². The lowest BCUT2D eigenvalue weighted by atomic mass is 9.98. The molecular weight excluding hydrogens is 416 g/mol. The van der Waals surface area contributed by atoms with E-state index in [1.54, 1.807) is 20.0 Å². The number of benzene rings is 1. The molecule has 0 saturated carbocycles. The van der Waals surface area contributed by atoms with Crippen molar-refractivity contribution >= 4 is 34.7 Å². The number of hydrogen-bond donors (Lipinski definition) is 6. The number of aliphatic carboxylic acids is 2. The monoisotopic (exact) mass is 446 g/mol. The zero-order valence-electron chi connectivity index (χ0n) is 18.1. The summed E-state index contributed by atoms with van der Waals surface area (Å²) in [5.74, 6) is -4.08. The third-order valence-electron chi connectivity index (χ3n) is 5.51. The maximum absolute atomic E-state index is 12.7. The Labute approximate surface area is 185 Å². The molecule has 0 spiro atoms. The number of hydrogen-bond acceptors (Lipinski definition) is 5. The van der Waals surface area contributed by atoms with Gasteiger partial charge in [0.1, 0.15) is 12.1 Å². The van der Waals surface area contributed by atoms with E-state index in [4.69, 9.17) is 10.8 Å². The standard InChI is InChI=1S/C22H30N4O6/c1-3-12(2)19(22(31)32)26-21(30)17(8-9-18(27)28)25-20(29)15(23)10-13-11-24-16-7-5-4-6-14(13)16/h4-7,11-12,15,17,19,24H,3,8-10,23H2,1-2H3,(H,25,29)(H,26,30)(H,27,28)(H,31,32). The second kappa shape index (κ2) is 11.3. The van der Waals surface area contributed by atoms with E-state index in [2.05, 4.69) is 15.6 Å². The minimum atomic E-state index is -1.22. The van der Waals surface area contributed by atoms with Crippen LogP contribution >= 0.6 is 0 Å². The van der Waals surface area contributed by atoms with E-state index in [0.717, 1.165) is 16.5 Å². The van der Waals surface area contributed by atoms with Crippen molar-refractivity contribution in [2.24, 2.45) is 11.7 Å². The molecule has 10 heteroatoms. The Morgan fingerprint density at radius 3 is 2.41 bits per heavy atom. The number of carboxylic acid groups (broad SMARTS) is 2. The first-order valence-corrected chi connectivity index (χ1v) is 10.5. The molecule has 32 heavy (non-hydrogen) atoms. The fourth-order valence-corrected chi connectivity index (χ4v) is 3.38. The van der Waals surface area contributed by atoms with E-state index in [1.807, 2.05) is 24.3 Å². The number of carbonyl (C=O) groups excluding carboxylic acids is 2. The molecule has 0 fully saturated rings. The van der Waals surface area contributed by atoms with Gasteiger partial charge in [0.2, 0.25) is 11.8 Å². The zero-order valence-corrected chi connectivity index (χ0v) is 18.1. The summed E-state index contributed by atoms with van der Waals surface area (Å²) < 4.78 is 0. The molecule has 0 aliphatic heterocycles. The summed E-state index contributed by atoms with van der Waals surface area (Å²) in [5, 5.41) is 24.2. The zero-order chi connectivity index (χ0) is 23.8. The maximum Gasteiger partial charge on any atom is 0.326 e. The first kappa shape index (κ1) is 24.9. The van der Waals surface area contributed by atoms with Crippen molar-refractivity contribution < 1.29 is 29.4 Å².